The Morgan fingerprint density at radius 3 is 1.31 bits per heavy atom. The maximum Gasteiger partial charge on any atom is -0.00201 e. The van der Waals surface area contributed by atoms with Crippen molar-refractivity contribution in [2.24, 2.45) is 0 Å². The molecule has 0 spiro atoms. The van der Waals surface area contributed by atoms with E-state index in [0.29, 0.717) is 0 Å². The summed E-state index contributed by atoms with van der Waals surface area (Å²) in [5, 5.41) is 15.4. The highest BCUT2D eigenvalue weighted by Gasteiger charge is 2.20. The van der Waals surface area contributed by atoms with Crippen LogP contribution in [0.5, 0.6) is 0 Å². The second-order valence-electron chi connectivity index (χ2n) is 12.8. The zero-order valence-corrected chi connectivity index (χ0v) is 26.3. The van der Waals surface area contributed by atoms with Gasteiger partial charge in [0.15, 0.2) is 0 Å². The Labute approximate surface area is 279 Å². The lowest BCUT2D eigenvalue weighted by molar-refractivity contribution is 1.61. The highest BCUT2D eigenvalue weighted by atomic mass is 14.2. The molecule has 0 aliphatic heterocycles. The van der Waals surface area contributed by atoms with Gasteiger partial charge in [-0.1, -0.05) is 182 Å². The van der Waals surface area contributed by atoms with Crippen LogP contribution in [-0.4, -0.2) is 0 Å². The van der Waals surface area contributed by atoms with Crippen LogP contribution >= 0.6 is 0 Å². The topological polar surface area (TPSA) is 0 Å². The molecule has 0 saturated heterocycles. The first-order valence-electron chi connectivity index (χ1n) is 16.7. The summed E-state index contributed by atoms with van der Waals surface area (Å²) in [5.74, 6) is 0. The van der Waals surface area contributed by atoms with E-state index in [1.54, 1.807) is 0 Å². The molecule has 0 aliphatic carbocycles. The van der Waals surface area contributed by atoms with Crippen molar-refractivity contribution >= 4 is 64.6 Å². The molecule has 10 aromatic carbocycles. The van der Waals surface area contributed by atoms with E-state index in [0.717, 1.165) is 0 Å². The summed E-state index contributed by atoms with van der Waals surface area (Å²) >= 11 is 0. The van der Waals surface area contributed by atoms with E-state index < -0.39 is 0 Å². The molecule has 0 saturated carbocycles. The van der Waals surface area contributed by atoms with Crippen molar-refractivity contribution in [3.63, 3.8) is 0 Å². The highest BCUT2D eigenvalue weighted by Crippen LogP contribution is 2.47. The van der Waals surface area contributed by atoms with Crippen molar-refractivity contribution < 1.29 is 0 Å². The Bertz CT molecular complexity index is 2850. The van der Waals surface area contributed by atoms with Crippen molar-refractivity contribution in [1.29, 1.82) is 0 Å². The zero-order valence-electron chi connectivity index (χ0n) is 26.3. The van der Waals surface area contributed by atoms with E-state index in [-0.39, 0.29) is 0 Å². The maximum atomic E-state index is 2.34. The lowest BCUT2D eigenvalue weighted by Gasteiger charge is -2.20. The lowest BCUT2D eigenvalue weighted by Crippen LogP contribution is -1.93. The molecule has 0 aliphatic rings. The van der Waals surface area contributed by atoms with Crippen LogP contribution in [0.4, 0.5) is 0 Å². The molecule has 0 heterocycles. The van der Waals surface area contributed by atoms with Gasteiger partial charge in [-0.05, 0) is 98.0 Å². The first-order valence-corrected chi connectivity index (χ1v) is 16.7. The molecule has 0 aromatic heterocycles. The average molecular weight is 607 g/mol. The number of hydrogen-bond donors (Lipinski definition) is 0. The van der Waals surface area contributed by atoms with Gasteiger partial charge < -0.3 is 0 Å². The van der Waals surface area contributed by atoms with E-state index in [1.165, 1.54) is 98.0 Å². The smallest absolute Gasteiger partial charge is 0.00201 e. The van der Waals surface area contributed by atoms with Gasteiger partial charge in [-0.2, -0.15) is 0 Å². The second-order valence-corrected chi connectivity index (χ2v) is 12.8. The Balaban J connectivity index is 1.32. The van der Waals surface area contributed by atoms with Gasteiger partial charge in [0.2, 0.25) is 0 Å². The fourth-order valence-electron chi connectivity index (χ4n) is 8.18. The molecule has 10 rings (SSSR count). The second kappa shape index (κ2) is 10.7. The van der Waals surface area contributed by atoms with Gasteiger partial charge in [-0.3, -0.25) is 0 Å². The molecule has 0 unspecified atom stereocenters. The Morgan fingerprint density at radius 2 is 0.604 bits per heavy atom. The molecule has 0 nitrogen and oxygen atoms in total. The predicted octanol–water partition coefficient (Wildman–Crippen LogP) is 13.6. The van der Waals surface area contributed by atoms with E-state index in [9.17, 15) is 0 Å². The van der Waals surface area contributed by atoms with Gasteiger partial charge in [0.25, 0.3) is 0 Å². The van der Waals surface area contributed by atoms with Gasteiger partial charge in [-0.25, -0.2) is 0 Å². The molecule has 222 valence electrons. The molecule has 0 amide bonds. The largest absolute Gasteiger partial charge is 0.0616 e. The third-order valence-electron chi connectivity index (χ3n) is 10.3. The monoisotopic (exact) mass is 606 g/mol. The zero-order chi connectivity index (χ0) is 31.6. The van der Waals surface area contributed by atoms with Crippen molar-refractivity contribution in [2.75, 3.05) is 0 Å². The SMILES string of the molecule is c1ccc(-c2cccc3c4ccccc4c4ccccc4c23)c(-c2ccc3ccccc3c2-c2cccc3c2ccc2ccccc23)c1. The maximum absolute atomic E-state index is 2.34. The van der Waals surface area contributed by atoms with Crippen molar-refractivity contribution in [3.8, 4) is 33.4 Å². The first kappa shape index (κ1) is 26.9. The summed E-state index contributed by atoms with van der Waals surface area (Å²) in [6.07, 6.45) is 0. The molecule has 0 bridgehead atoms. The van der Waals surface area contributed by atoms with Gasteiger partial charge in [0.05, 0.1) is 0 Å². The number of rotatable bonds is 3. The highest BCUT2D eigenvalue weighted by molar-refractivity contribution is 6.29. The van der Waals surface area contributed by atoms with Crippen molar-refractivity contribution in [3.05, 3.63) is 182 Å². The average Bonchev–Trinajstić information content (AvgIpc) is 3.17. The van der Waals surface area contributed by atoms with Crippen molar-refractivity contribution in [2.45, 2.75) is 0 Å². The molecular weight excluding hydrogens is 577 g/mol. The van der Waals surface area contributed by atoms with Crippen LogP contribution in [0.25, 0.3) is 98.0 Å². The summed E-state index contributed by atoms with van der Waals surface area (Å²) in [7, 11) is 0. The van der Waals surface area contributed by atoms with E-state index in [4.69, 9.17) is 0 Å². The third kappa shape index (κ3) is 3.96. The van der Waals surface area contributed by atoms with Gasteiger partial charge >= 0.3 is 0 Å². The summed E-state index contributed by atoms with van der Waals surface area (Å²) in [6.45, 7) is 0. The van der Waals surface area contributed by atoms with Crippen LogP contribution in [0.3, 0.4) is 0 Å². The minimum absolute atomic E-state index is 1.24. The molecule has 0 fully saturated rings. The van der Waals surface area contributed by atoms with E-state index in [2.05, 4.69) is 182 Å². The fourth-order valence-corrected chi connectivity index (χ4v) is 8.18. The minimum atomic E-state index is 1.24. The quantitative estimate of drug-likeness (QED) is 0.176. The molecule has 10 aromatic rings. The summed E-state index contributed by atoms with van der Waals surface area (Å²) in [4.78, 5) is 0. The standard InChI is InChI=1S/C48H30/c1-3-15-33-31(13-1)27-29-41-35(33)23-11-24-45(41)47-34-16-4-2-14-32(34)28-30-46(47)40-21-8-7-20-39(40)44-26-12-25-43-38-18-6-5-17-36(38)37-19-9-10-22-42(37)48(43)44/h1-30H. The normalized spacial score (nSPS) is 11.8. The molecular formula is C48H30. The van der Waals surface area contributed by atoms with Crippen LogP contribution in [0.1, 0.15) is 0 Å². The van der Waals surface area contributed by atoms with Crippen molar-refractivity contribution in [1.82, 2.24) is 0 Å². The Hall–Kier alpha value is -6.24. The molecule has 48 heavy (non-hydrogen) atoms. The Morgan fingerprint density at radius 1 is 0.188 bits per heavy atom. The Kier molecular flexibility index (Phi) is 5.98. The van der Waals surface area contributed by atoms with Crippen LogP contribution in [0.2, 0.25) is 0 Å². The fraction of sp³-hybridized carbons (Fsp3) is 0. The molecule has 0 N–H and O–H groups in total. The number of fused-ring (bicyclic) bond motifs is 10. The number of benzene rings is 10. The first-order chi connectivity index (χ1) is 23.8. The minimum Gasteiger partial charge on any atom is -0.0616 e. The van der Waals surface area contributed by atoms with Gasteiger partial charge in [0.1, 0.15) is 0 Å². The summed E-state index contributed by atoms with van der Waals surface area (Å²) in [5.41, 5.74) is 7.51. The van der Waals surface area contributed by atoms with Gasteiger partial charge in [0, 0.05) is 0 Å². The van der Waals surface area contributed by atoms with Crippen LogP contribution in [-0.2, 0) is 0 Å². The van der Waals surface area contributed by atoms with Crippen LogP contribution in [0, 0.1) is 0 Å². The molecule has 0 atom stereocenters. The lowest BCUT2D eigenvalue weighted by atomic mass is 9.83. The van der Waals surface area contributed by atoms with Gasteiger partial charge in [-0.15, -0.1) is 0 Å². The summed E-state index contributed by atoms with van der Waals surface area (Å²) in [6, 6.07) is 67.1. The van der Waals surface area contributed by atoms with Crippen LogP contribution in [0.15, 0.2) is 182 Å². The van der Waals surface area contributed by atoms with Crippen LogP contribution < -0.4 is 0 Å². The number of hydrogen-bond acceptors (Lipinski definition) is 0. The predicted molar refractivity (Wildman–Crippen MR) is 208 cm³/mol. The third-order valence-corrected chi connectivity index (χ3v) is 10.3. The van der Waals surface area contributed by atoms with E-state index >= 15 is 0 Å². The molecule has 0 radical (unpaired) electrons. The van der Waals surface area contributed by atoms with E-state index in [1.807, 2.05) is 0 Å². The summed E-state index contributed by atoms with van der Waals surface area (Å²) < 4.78 is 0. The molecule has 0 heteroatoms.